The highest BCUT2D eigenvalue weighted by Gasteiger charge is 2.50. The molecule has 0 radical (unpaired) electrons. The van der Waals surface area contributed by atoms with Crippen LogP contribution in [0.1, 0.15) is 24.5 Å². The van der Waals surface area contributed by atoms with Crippen LogP contribution in [0.25, 0.3) is 0 Å². The predicted octanol–water partition coefficient (Wildman–Crippen LogP) is 3.20. The molecule has 0 unspecified atom stereocenters. The van der Waals surface area contributed by atoms with E-state index in [9.17, 15) is 9.59 Å². The summed E-state index contributed by atoms with van der Waals surface area (Å²) in [5.41, 5.74) is 0.692. The summed E-state index contributed by atoms with van der Waals surface area (Å²) in [5.74, 6) is -0.308. The van der Waals surface area contributed by atoms with Gasteiger partial charge in [0.05, 0.1) is 0 Å². The van der Waals surface area contributed by atoms with Crippen LogP contribution in [0.4, 0.5) is 0 Å². The standard InChI is InChI=1S/C20H19NO3/c1-15(12-13-22)20(14-16-8-4-2-5-9-16)19(23)24-18(21-20)17-10-6-3-7-11-17/h2-11,13,15H,12,14H2,1H3/t15-,20+/m1/s1. The number of benzene rings is 2. The van der Waals surface area contributed by atoms with E-state index in [1.807, 2.05) is 67.6 Å². The van der Waals surface area contributed by atoms with Crippen molar-refractivity contribution in [2.45, 2.75) is 25.3 Å². The molecule has 2 aromatic rings. The number of carbonyl (C=O) groups is 2. The van der Waals surface area contributed by atoms with Crippen molar-refractivity contribution in [3.63, 3.8) is 0 Å². The smallest absolute Gasteiger partial charge is 0.341 e. The molecule has 3 rings (SSSR count). The van der Waals surface area contributed by atoms with Crippen molar-refractivity contribution in [3.8, 4) is 0 Å². The summed E-state index contributed by atoms with van der Waals surface area (Å²) in [6.07, 6.45) is 1.51. The number of aldehydes is 1. The van der Waals surface area contributed by atoms with E-state index in [1.165, 1.54) is 0 Å². The molecule has 122 valence electrons. The summed E-state index contributed by atoms with van der Waals surface area (Å²) in [4.78, 5) is 28.4. The van der Waals surface area contributed by atoms with Crippen molar-refractivity contribution in [2.24, 2.45) is 10.9 Å². The van der Waals surface area contributed by atoms with E-state index in [0.29, 0.717) is 12.3 Å². The zero-order chi connectivity index (χ0) is 17.0. The molecule has 0 amide bonds. The number of rotatable bonds is 6. The minimum atomic E-state index is -1.06. The van der Waals surface area contributed by atoms with Gasteiger partial charge in [0.15, 0.2) is 5.54 Å². The van der Waals surface area contributed by atoms with E-state index in [2.05, 4.69) is 4.99 Å². The average Bonchev–Trinajstić information content (AvgIpc) is 2.95. The number of nitrogens with zero attached hydrogens (tertiary/aromatic N) is 1. The molecule has 4 heteroatoms. The zero-order valence-corrected chi connectivity index (χ0v) is 13.5. The maximum atomic E-state index is 12.7. The average molecular weight is 321 g/mol. The number of cyclic esters (lactones) is 1. The molecule has 2 atom stereocenters. The summed E-state index contributed by atoms with van der Waals surface area (Å²) in [5, 5.41) is 0. The lowest BCUT2D eigenvalue weighted by Crippen LogP contribution is -2.43. The van der Waals surface area contributed by atoms with Crippen LogP contribution in [-0.4, -0.2) is 23.7 Å². The molecule has 4 nitrogen and oxygen atoms in total. The maximum Gasteiger partial charge on any atom is 0.341 e. The first-order valence-electron chi connectivity index (χ1n) is 8.01. The maximum absolute atomic E-state index is 12.7. The van der Waals surface area contributed by atoms with Gasteiger partial charge >= 0.3 is 5.97 Å². The van der Waals surface area contributed by atoms with Crippen LogP contribution in [0.5, 0.6) is 0 Å². The largest absolute Gasteiger partial charge is 0.405 e. The first-order valence-corrected chi connectivity index (χ1v) is 8.01. The van der Waals surface area contributed by atoms with Crippen LogP contribution < -0.4 is 0 Å². The molecule has 24 heavy (non-hydrogen) atoms. The number of ether oxygens (including phenoxy) is 1. The Morgan fingerprint density at radius 1 is 1.08 bits per heavy atom. The number of hydrogen-bond acceptors (Lipinski definition) is 4. The fourth-order valence-electron chi connectivity index (χ4n) is 2.97. The lowest BCUT2D eigenvalue weighted by atomic mass is 9.79. The molecule has 1 aliphatic rings. The normalized spacial score (nSPS) is 21.0. The second kappa shape index (κ2) is 6.79. The van der Waals surface area contributed by atoms with Crippen molar-refractivity contribution in [2.75, 3.05) is 0 Å². The van der Waals surface area contributed by atoms with E-state index in [0.717, 1.165) is 17.4 Å². The number of esters is 1. The van der Waals surface area contributed by atoms with Gasteiger partial charge in [0.2, 0.25) is 5.90 Å². The summed E-state index contributed by atoms with van der Waals surface area (Å²) >= 11 is 0. The lowest BCUT2D eigenvalue weighted by molar-refractivity contribution is -0.140. The first-order chi connectivity index (χ1) is 11.7. The molecular weight excluding hydrogens is 302 g/mol. The predicted molar refractivity (Wildman–Crippen MR) is 91.8 cm³/mol. The van der Waals surface area contributed by atoms with Crippen LogP contribution >= 0.6 is 0 Å². The number of aliphatic imine (C=N–C) groups is 1. The zero-order valence-electron chi connectivity index (χ0n) is 13.5. The molecular formula is C20H19NO3. The highest BCUT2D eigenvalue weighted by atomic mass is 16.6. The summed E-state index contributed by atoms with van der Waals surface area (Å²) in [6.45, 7) is 1.87. The van der Waals surface area contributed by atoms with Gasteiger partial charge in [-0.05, 0) is 23.6 Å². The van der Waals surface area contributed by atoms with E-state index in [-0.39, 0.29) is 18.3 Å². The quantitative estimate of drug-likeness (QED) is 0.606. The highest BCUT2D eigenvalue weighted by Crippen LogP contribution is 2.35. The Labute approximate surface area is 141 Å². The van der Waals surface area contributed by atoms with E-state index < -0.39 is 5.54 Å². The third-order valence-electron chi connectivity index (χ3n) is 4.45. The molecule has 0 saturated heterocycles. The molecule has 2 aromatic carbocycles. The van der Waals surface area contributed by atoms with E-state index >= 15 is 0 Å². The molecule has 0 spiro atoms. The van der Waals surface area contributed by atoms with Gasteiger partial charge < -0.3 is 9.53 Å². The molecule has 0 N–H and O–H groups in total. The van der Waals surface area contributed by atoms with Gasteiger partial charge in [0.1, 0.15) is 6.29 Å². The molecule has 0 aromatic heterocycles. The van der Waals surface area contributed by atoms with Gasteiger partial charge in [-0.2, -0.15) is 0 Å². The van der Waals surface area contributed by atoms with Crippen molar-refractivity contribution < 1.29 is 14.3 Å². The Hall–Kier alpha value is -2.75. The van der Waals surface area contributed by atoms with Crippen molar-refractivity contribution in [3.05, 3.63) is 71.8 Å². The lowest BCUT2D eigenvalue weighted by Gasteiger charge is -2.27. The second-order valence-electron chi connectivity index (χ2n) is 6.06. The van der Waals surface area contributed by atoms with Crippen LogP contribution in [-0.2, 0) is 20.7 Å². The van der Waals surface area contributed by atoms with Crippen molar-refractivity contribution in [1.29, 1.82) is 0 Å². The fourth-order valence-corrected chi connectivity index (χ4v) is 2.97. The van der Waals surface area contributed by atoms with Crippen molar-refractivity contribution in [1.82, 2.24) is 0 Å². The Morgan fingerprint density at radius 3 is 2.33 bits per heavy atom. The SMILES string of the molecule is C[C@H](CC=O)[C@]1(Cc2ccccc2)N=C(c2ccccc2)OC1=O. The van der Waals surface area contributed by atoms with E-state index in [1.54, 1.807) is 0 Å². The molecule has 0 aliphatic carbocycles. The van der Waals surface area contributed by atoms with Gasteiger partial charge in [0.25, 0.3) is 0 Å². The minimum absolute atomic E-state index is 0.246. The fraction of sp³-hybridized carbons (Fsp3) is 0.250. The van der Waals surface area contributed by atoms with Gasteiger partial charge in [0, 0.05) is 18.4 Å². The third kappa shape index (κ3) is 3.00. The second-order valence-corrected chi connectivity index (χ2v) is 6.06. The molecule has 1 aliphatic heterocycles. The Balaban J connectivity index is 2.02. The molecule has 0 bridgehead atoms. The monoisotopic (exact) mass is 321 g/mol. The Morgan fingerprint density at radius 2 is 1.71 bits per heavy atom. The topological polar surface area (TPSA) is 55.7 Å². The van der Waals surface area contributed by atoms with Crippen LogP contribution in [0.15, 0.2) is 65.7 Å². The Kier molecular flexibility index (Phi) is 4.56. The van der Waals surface area contributed by atoms with Crippen LogP contribution in [0.2, 0.25) is 0 Å². The third-order valence-corrected chi connectivity index (χ3v) is 4.45. The Bertz CT molecular complexity index is 755. The molecule has 0 fully saturated rings. The first kappa shape index (κ1) is 16.1. The number of carbonyl (C=O) groups excluding carboxylic acids is 2. The summed E-state index contributed by atoms with van der Waals surface area (Å²) < 4.78 is 5.50. The summed E-state index contributed by atoms with van der Waals surface area (Å²) in [6, 6.07) is 19.0. The summed E-state index contributed by atoms with van der Waals surface area (Å²) in [7, 11) is 0. The minimum Gasteiger partial charge on any atom is -0.405 e. The van der Waals surface area contributed by atoms with Crippen LogP contribution in [0.3, 0.4) is 0 Å². The highest BCUT2D eigenvalue weighted by molar-refractivity contribution is 6.08. The van der Waals surface area contributed by atoms with Gasteiger partial charge in [-0.15, -0.1) is 0 Å². The molecule has 1 heterocycles. The van der Waals surface area contributed by atoms with Gasteiger partial charge in [-0.3, -0.25) is 0 Å². The van der Waals surface area contributed by atoms with Crippen LogP contribution in [0, 0.1) is 5.92 Å². The number of hydrogen-bond donors (Lipinski definition) is 0. The van der Waals surface area contributed by atoms with Gasteiger partial charge in [-0.25, -0.2) is 9.79 Å². The molecule has 0 saturated carbocycles. The van der Waals surface area contributed by atoms with Gasteiger partial charge in [-0.1, -0.05) is 55.5 Å². The van der Waals surface area contributed by atoms with E-state index in [4.69, 9.17) is 4.74 Å². The van der Waals surface area contributed by atoms with Crippen molar-refractivity contribution >= 4 is 18.2 Å².